The molecule has 0 atom stereocenters. The molecule has 30 heavy (non-hydrogen) atoms. The Hall–Kier alpha value is -2.70. The van der Waals surface area contributed by atoms with Crippen molar-refractivity contribution < 1.29 is 27.4 Å². The number of benzene rings is 2. The molecule has 0 unspecified atom stereocenters. The summed E-state index contributed by atoms with van der Waals surface area (Å²) < 4.78 is 50.3. The summed E-state index contributed by atoms with van der Waals surface area (Å²) in [6.07, 6.45) is -2.99. The monoisotopic (exact) mass is 421 g/mol. The Morgan fingerprint density at radius 1 is 1.17 bits per heavy atom. The molecule has 2 aromatic carbocycles. The van der Waals surface area contributed by atoms with E-state index in [0.29, 0.717) is 48.1 Å². The van der Waals surface area contributed by atoms with Crippen molar-refractivity contribution in [3.63, 3.8) is 0 Å². The van der Waals surface area contributed by atoms with Gasteiger partial charge in [0.2, 0.25) is 0 Å². The molecule has 0 spiro atoms. The number of fused-ring (bicyclic) bond motifs is 1. The molecule has 0 N–H and O–H groups in total. The average molecular weight is 421 g/mol. The Bertz CT molecular complexity index is 909. The van der Waals surface area contributed by atoms with Gasteiger partial charge in [0.05, 0.1) is 24.8 Å². The first kappa shape index (κ1) is 22.0. The summed E-state index contributed by atoms with van der Waals surface area (Å²) in [4.78, 5) is 14.8. The van der Waals surface area contributed by atoms with E-state index in [1.165, 1.54) is 6.07 Å². The van der Waals surface area contributed by atoms with E-state index < -0.39 is 11.7 Å². The van der Waals surface area contributed by atoms with Crippen LogP contribution in [0.5, 0.6) is 11.5 Å². The largest absolute Gasteiger partial charge is 0.497 e. The van der Waals surface area contributed by atoms with Crippen LogP contribution in [0.2, 0.25) is 0 Å². The van der Waals surface area contributed by atoms with Gasteiger partial charge in [-0.15, -0.1) is 0 Å². The summed E-state index contributed by atoms with van der Waals surface area (Å²) >= 11 is 0. The van der Waals surface area contributed by atoms with Crippen molar-refractivity contribution in [1.82, 2.24) is 4.90 Å². The summed E-state index contributed by atoms with van der Waals surface area (Å²) in [5.74, 6) is 1.30. The fraction of sp³-hybridized carbons (Fsp3) is 0.435. The molecular weight excluding hydrogens is 395 g/mol. The highest BCUT2D eigenvalue weighted by Crippen LogP contribution is 2.34. The average Bonchev–Trinajstić information content (AvgIpc) is 2.69. The Morgan fingerprint density at radius 2 is 1.93 bits per heavy atom. The lowest BCUT2D eigenvalue weighted by Crippen LogP contribution is -2.37. The van der Waals surface area contributed by atoms with Gasteiger partial charge in [0.15, 0.2) is 0 Å². The van der Waals surface area contributed by atoms with Crippen molar-refractivity contribution in [3.8, 4) is 11.5 Å². The predicted molar refractivity (Wildman–Crippen MR) is 108 cm³/mol. The molecule has 7 heteroatoms. The number of methoxy groups -OCH3 is 1. The van der Waals surface area contributed by atoms with Crippen LogP contribution in [0.1, 0.15) is 47.3 Å². The molecule has 162 valence electrons. The number of carbonyl (C=O) groups is 1. The maximum Gasteiger partial charge on any atom is 0.416 e. The summed E-state index contributed by atoms with van der Waals surface area (Å²) in [6, 6.07) is 8.62. The van der Waals surface area contributed by atoms with Gasteiger partial charge in [0, 0.05) is 19.2 Å². The van der Waals surface area contributed by atoms with Crippen LogP contribution in [0.25, 0.3) is 0 Å². The van der Waals surface area contributed by atoms with Crippen molar-refractivity contribution >= 4 is 5.91 Å². The zero-order valence-electron chi connectivity index (χ0n) is 17.4. The van der Waals surface area contributed by atoms with E-state index in [4.69, 9.17) is 9.47 Å². The van der Waals surface area contributed by atoms with Gasteiger partial charge in [0.1, 0.15) is 11.5 Å². The molecule has 4 nitrogen and oxygen atoms in total. The van der Waals surface area contributed by atoms with Gasteiger partial charge in [-0.3, -0.25) is 4.79 Å². The van der Waals surface area contributed by atoms with Crippen molar-refractivity contribution in [1.29, 1.82) is 0 Å². The van der Waals surface area contributed by atoms with Gasteiger partial charge < -0.3 is 14.4 Å². The van der Waals surface area contributed by atoms with Gasteiger partial charge in [-0.25, -0.2) is 0 Å². The first-order valence-corrected chi connectivity index (χ1v) is 9.98. The molecule has 0 saturated heterocycles. The van der Waals surface area contributed by atoms with Gasteiger partial charge in [-0.05, 0) is 48.1 Å². The second-order valence-corrected chi connectivity index (χ2v) is 7.87. The Morgan fingerprint density at radius 3 is 2.60 bits per heavy atom. The van der Waals surface area contributed by atoms with Crippen LogP contribution >= 0.6 is 0 Å². The molecule has 0 saturated carbocycles. The molecule has 0 bridgehead atoms. The third-order valence-corrected chi connectivity index (χ3v) is 5.13. The van der Waals surface area contributed by atoms with Gasteiger partial charge in [0.25, 0.3) is 5.91 Å². The molecule has 0 radical (unpaired) electrons. The second kappa shape index (κ2) is 8.98. The summed E-state index contributed by atoms with van der Waals surface area (Å²) in [7, 11) is 1.56. The highest BCUT2D eigenvalue weighted by Gasteiger charge is 2.32. The number of rotatable bonds is 7. The van der Waals surface area contributed by atoms with Gasteiger partial charge >= 0.3 is 6.18 Å². The molecule has 1 amide bonds. The second-order valence-electron chi connectivity index (χ2n) is 7.87. The van der Waals surface area contributed by atoms with Crippen molar-refractivity contribution in [2.45, 2.75) is 39.4 Å². The Kier molecular flexibility index (Phi) is 6.58. The Labute approximate surface area is 174 Å². The molecule has 0 fully saturated rings. The van der Waals surface area contributed by atoms with Gasteiger partial charge in [-0.1, -0.05) is 26.0 Å². The third-order valence-electron chi connectivity index (χ3n) is 5.13. The van der Waals surface area contributed by atoms with E-state index in [1.54, 1.807) is 24.1 Å². The number of halogens is 3. The maximum absolute atomic E-state index is 13.2. The lowest BCUT2D eigenvalue weighted by molar-refractivity contribution is -0.137. The minimum atomic E-state index is -4.41. The first-order chi connectivity index (χ1) is 14.2. The van der Waals surface area contributed by atoms with E-state index in [1.807, 2.05) is 6.07 Å². The summed E-state index contributed by atoms with van der Waals surface area (Å²) in [6.45, 7) is 5.18. The smallest absolute Gasteiger partial charge is 0.416 e. The first-order valence-electron chi connectivity index (χ1n) is 9.98. The Balaban J connectivity index is 1.85. The zero-order chi connectivity index (χ0) is 21.9. The van der Waals surface area contributed by atoms with Gasteiger partial charge in [-0.2, -0.15) is 13.2 Å². The van der Waals surface area contributed by atoms with Crippen LogP contribution in [-0.2, 0) is 19.1 Å². The molecule has 1 aliphatic heterocycles. The SMILES string of the molecule is COc1cc2c(c(OCCC(C)C)c1)C(=O)N(Cc1cccc(C(F)(F)F)c1)CC2. The number of ether oxygens (including phenoxy) is 2. The zero-order valence-corrected chi connectivity index (χ0v) is 17.4. The minimum absolute atomic E-state index is 0.111. The third kappa shape index (κ3) is 5.07. The molecule has 1 heterocycles. The topological polar surface area (TPSA) is 38.8 Å². The van der Waals surface area contributed by atoms with E-state index in [-0.39, 0.29) is 12.5 Å². The van der Waals surface area contributed by atoms with Crippen LogP contribution in [0, 0.1) is 5.92 Å². The van der Waals surface area contributed by atoms with Crippen LogP contribution in [-0.4, -0.2) is 31.1 Å². The van der Waals surface area contributed by atoms with E-state index in [2.05, 4.69) is 13.8 Å². The van der Waals surface area contributed by atoms with Crippen molar-refractivity contribution in [2.75, 3.05) is 20.3 Å². The van der Waals surface area contributed by atoms with E-state index in [0.717, 1.165) is 24.1 Å². The van der Waals surface area contributed by atoms with E-state index >= 15 is 0 Å². The highest BCUT2D eigenvalue weighted by atomic mass is 19.4. The molecule has 2 aromatic rings. The molecule has 0 aliphatic carbocycles. The quantitative estimate of drug-likeness (QED) is 0.606. The van der Waals surface area contributed by atoms with Crippen LogP contribution in [0.3, 0.4) is 0 Å². The number of nitrogens with zero attached hydrogens (tertiary/aromatic N) is 1. The van der Waals surface area contributed by atoms with Crippen molar-refractivity contribution in [3.05, 3.63) is 58.7 Å². The van der Waals surface area contributed by atoms with Crippen LogP contribution in [0.15, 0.2) is 36.4 Å². The van der Waals surface area contributed by atoms with Crippen molar-refractivity contribution in [2.24, 2.45) is 5.92 Å². The number of alkyl halides is 3. The van der Waals surface area contributed by atoms with Crippen LogP contribution in [0.4, 0.5) is 13.2 Å². The fourth-order valence-corrected chi connectivity index (χ4v) is 3.45. The lowest BCUT2D eigenvalue weighted by atomic mass is 9.96. The standard InChI is InChI=1S/C23H26F3NO3/c1-15(2)8-10-30-20-13-19(29-3)12-17-7-9-27(22(28)21(17)20)14-16-5-4-6-18(11-16)23(24,25)26/h4-6,11-13,15H,7-10,14H2,1-3H3. The maximum atomic E-state index is 13.2. The number of hydrogen-bond donors (Lipinski definition) is 0. The number of amides is 1. The molecule has 0 aromatic heterocycles. The van der Waals surface area contributed by atoms with E-state index in [9.17, 15) is 18.0 Å². The summed E-state index contributed by atoms with van der Waals surface area (Å²) in [5, 5.41) is 0. The lowest BCUT2D eigenvalue weighted by Gasteiger charge is -2.30. The molecular formula is C23H26F3NO3. The number of carbonyl (C=O) groups excluding carboxylic acids is 1. The number of hydrogen-bond acceptors (Lipinski definition) is 3. The normalized spacial score (nSPS) is 14.1. The molecule has 3 rings (SSSR count). The van der Waals surface area contributed by atoms with Crippen LogP contribution < -0.4 is 9.47 Å². The minimum Gasteiger partial charge on any atom is -0.497 e. The summed E-state index contributed by atoms with van der Waals surface area (Å²) in [5.41, 5.74) is 1.03. The fourth-order valence-electron chi connectivity index (χ4n) is 3.45. The predicted octanol–water partition coefficient (Wildman–Crippen LogP) is 5.34. The molecule has 1 aliphatic rings. The highest BCUT2D eigenvalue weighted by molar-refractivity contribution is 5.99.